The normalized spacial score (nSPS) is 23.0. The van der Waals surface area contributed by atoms with Crippen LogP contribution in [0.1, 0.15) is 51.8 Å². The Kier molecular flexibility index (Phi) is 4.59. The summed E-state index contributed by atoms with van der Waals surface area (Å²) in [6.45, 7) is 5.53. The summed E-state index contributed by atoms with van der Waals surface area (Å²) < 4.78 is 0. The second-order valence-corrected chi connectivity index (χ2v) is 6.94. The van der Waals surface area contributed by atoms with Crippen LogP contribution in [0.5, 0.6) is 0 Å². The Bertz CT molecular complexity index is 540. The molecule has 3 nitrogen and oxygen atoms in total. The van der Waals surface area contributed by atoms with E-state index in [-0.39, 0.29) is 0 Å². The van der Waals surface area contributed by atoms with Gasteiger partial charge in [0.1, 0.15) is 5.82 Å². The molecule has 114 valence electrons. The largest absolute Gasteiger partial charge is 0.341 e. The van der Waals surface area contributed by atoms with Crippen LogP contribution in [0.2, 0.25) is 0 Å². The third-order valence-electron chi connectivity index (χ3n) is 4.58. The van der Waals surface area contributed by atoms with E-state index >= 15 is 0 Å². The summed E-state index contributed by atoms with van der Waals surface area (Å²) in [6, 6.07) is 8.91. The lowest BCUT2D eigenvalue weighted by molar-refractivity contribution is 0.251. The van der Waals surface area contributed by atoms with Crippen molar-refractivity contribution in [1.29, 1.82) is 0 Å². The number of nitrogens with one attached hydrogen (secondary N) is 2. The van der Waals surface area contributed by atoms with Gasteiger partial charge in [-0.25, -0.2) is 4.98 Å². The van der Waals surface area contributed by atoms with Crippen LogP contribution >= 0.6 is 0 Å². The number of para-hydroxylation sites is 2. The number of hydrogen-bond acceptors (Lipinski definition) is 2. The van der Waals surface area contributed by atoms with Gasteiger partial charge in [0.25, 0.3) is 0 Å². The topological polar surface area (TPSA) is 40.7 Å². The van der Waals surface area contributed by atoms with E-state index < -0.39 is 0 Å². The highest BCUT2D eigenvalue weighted by atomic mass is 15.0. The Hall–Kier alpha value is -1.35. The molecule has 2 aromatic rings. The lowest BCUT2D eigenvalue weighted by atomic mass is 9.81. The zero-order valence-corrected chi connectivity index (χ0v) is 13.2. The van der Waals surface area contributed by atoms with Gasteiger partial charge >= 0.3 is 0 Å². The molecule has 0 spiro atoms. The van der Waals surface area contributed by atoms with Crippen LogP contribution in [0.25, 0.3) is 11.0 Å². The standard InChI is InChI=1S/C18H27N3/c1-13(2)10-14-6-5-7-15(11-14)19-12-18-20-16-8-3-4-9-17(16)21-18/h3-4,8-9,13-15,19H,5-7,10-12H2,1-2H3,(H,20,21). The zero-order chi connectivity index (χ0) is 14.7. The van der Waals surface area contributed by atoms with Gasteiger partial charge in [-0.1, -0.05) is 38.8 Å². The van der Waals surface area contributed by atoms with Gasteiger partial charge in [-0.3, -0.25) is 0 Å². The van der Waals surface area contributed by atoms with Crippen LogP contribution in [0.3, 0.4) is 0 Å². The first-order valence-corrected chi connectivity index (χ1v) is 8.37. The Labute approximate surface area is 127 Å². The molecule has 1 aliphatic carbocycles. The highest BCUT2D eigenvalue weighted by Crippen LogP contribution is 2.29. The summed E-state index contributed by atoms with van der Waals surface area (Å²) in [5.74, 6) is 2.79. The number of fused-ring (bicyclic) bond motifs is 1. The molecule has 0 aliphatic heterocycles. The molecule has 3 heteroatoms. The van der Waals surface area contributed by atoms with Gasteiger partial charge in [-0.05, 0) is 43.2 Å². The molecule has 1 fully saturated rings. The van der Waals surface area contributed by atoms with Gasteiger partial charge in [0, 0.05) is 6.04 Å². The number of nitrogens with zero attached hydrogens (tertiary/aromatic N) is 1. The maximum Gasteiger partial charge on any atom is 0.121 e. The first kappa shape index (κ1) is 14.6. The lowest BCUT2D eigenvalue weighted by Gasteiger charge is -2.30. The molecule has 2 unspecified atom stereocenters. The average Bonchev–Trinajstić information content (AvgIpc) is 2.87. The van der Waals surface area contributed by atoms with Gasteiger partial charge in [-0.2, -0.15) is 0 Å². The van der Waals surface area contributed by atoms with Crippen molar-refractivity contribution in [2.45, 2.75) is 58.5 Å². The van der Waals surface area contributed by atoms with Crippen LogP contribution in [0.4, 0.5) is 0 Å². The highest BCUT2D eigenvalue weighted by molar-refractivity contribution is 5.74. The SMILES string of the molecule is CC(C)CC1CCCC(NCc2nc3ccccc3[nH]2)C1. The molecular formula is C18H27N3. The summed E-state index contributed by atoms with van der Waals surface area (Å²) in [7, 11) is 0. The summed E-state index contributed by atoms with van der Waals surface area (Å²) in [4.78, 5) is 8.05. The van der Waals surface area contributed by atoms with E-state index in [0.29, 0.717) is 6.04 Å². The fourth-order valence-electron chi connectivity index (χ4n) is 3.69. The third kappa shape index (κ3) is 3.85. The van der Waals surface area contributed by atoms with Crippen LogP contribution in [0, 0.1) is 11.8 Å². The Morgan fingerprint density at radius 2 is 2.14 bits per heavy atom. The number of hydrogen-bond donors (Lipinski definition) is 2. The molecule has 21 heavy (non-hydrogen) atoms. The van der Waals surface area contributed by atoms with Crippen molar-refractivity contribution in [2.75, 3.05) is 0 Å². The number of rotatable bonds is 5. The number of aromatic nitrogens is 2. The first-order chi connectivity index (χ1) is 10.2. The second-order valence-electron chi connectivity index (χ2n) is 6.94. The predicted molar refractivity (Wildman–Crippen MR) is 88.1 cm³/mol. The Balaban J connectivity index is 1.54. The molecule has 0 amide bonds. The summed E-state index contributed by atoms with van der Waals surface area (Å²) in [5.41, 5.74) is 2.20. The van der Waals surface area contributed by atoms with Gasteiger partial charge in [0.2, 0.25) is 0 Å². The number of aromatic amines is 1. The van der Waals surface area contributed by atoms with E-state index in [4.69, 9.17) is 0 Å². The monoisotopic (exact) mass is 285 g/mol. The van der Waals surface area contributed by atoms with Crippen LogP contribution in [-0.2, 0) is 6.54 Å². The second kappa shape index (κ2) is 6.61. The minimum Gasteiger partial charge on any atom is -0.341 e. The molecular weight excluding hydrogens is 258 g/mol. The molecule has 2 N–H and O–H groups in total. The first-order valence-electron chi connectivity index (χ1n) is 8.37. The van der Waals surface area contributed by atoms with Crippen LogP contribution < -0.4 is 5.32 Å². The molecule has 1 aromatic heterocycles. The van der Waals surface area contributed by atoms with Crippen LogP contribution in [-0.4, -0.2) is 16.0 Å². The fraction of sp³-hybridized carbons (Fsp3) is 0.611. The summed E-state index contributed by atoms with van der Waals surface area (Å²) in [5, 5.41) is 3.71. The van der Waals surface area contributed by atoms with Gasteiger partial charge in [0.05, 0.1) is 17.6 Å². The molecule has 0 saturated heterocycles. The van der Waals surface area contributed by atoms with Crippen molar-refractivity contribution in [3.8, 4) is 0 Å². The maximum atomic E-state index is 4.65. The Morgan fingerprint density at radius 1 is 1.29 bits per heavy atom. The average molecular weight is 285 g/mol. The van der Waals surface area contributed by atoms with E-state index in [2.05, 4.69) is 47.3 Å². The molecule has 2 atom stereocenters. The molecule has 0 bridgehead atoms. The molecule has 3 rings (SSSR count). The highest BCUT2D eigenvalue weighted by Gasteiger charge is 2.22. The maximum absolute atomic E-state index is 4.65. The molecule has 0 radical (unpaired) electrons. The van der Waals surface area contributed by atoms with Crippen molar-refractivity contribution in [3.05, 3.63) is 30.1 Å². The van der Waals surface area contributed by atoms with Gasteiger partial charge in [0.15, 0.2) is 0 Å². The van der Waals surface area contributed by atoms with Gasteiger partial charge < -0.3 is 10.3 Å². The van der Waals surface area contributed by atoms with Crippen molar-refractivity contribution >= 4 is 11.0 Å². The minimum absolute atomic E-state index is 0.663. The van der Waals surface area contributed by atoms with E-state index in [9.17, 15) is 0 Å². The quantitative estimate of drug-likeness (QED) is 0.862. The van der Waals surface area contributed by atoms with Crippen molar-refractivity contribution in [1.82, 2.24) is 15.3 Å². The molecule has 1 saturated carbocycles. The molecule has 1 aromatic carbocycles. The predicted octanol–water partition coefficient (Wildman–Crippen LogP) is 4.26. The Morgan fingerprint density at radius 3 is 2.95 bits per heavy atom. The third-order valence-corrected chi connectivity index (χ3v) is 4.58. The van der Waals surface area contributed by atoms with Crippen molar-refractivity contribution < 1.29 is 0 Å². The summed E-state index contributed by atoms with van der Waals surface area (Å²) in [6.07, 6.45) is 6.81. The van der Waals surface area contributed by atoms with E-state index in [0.717, 1.165) is 35.2 Å². The van der Waals surface area contributed by atoms with Crippen molar-refractivity contribution in [2.24, 2.45) is 11.8 Å². The number of H-pyrrole nitrogens is 1. The van der Waals surface area contributed by atoms with E-state index in [1.807, 2.05) is 6.07 Å². The molecule has 1 aliphatic rings. The van der Waals surface area contributed by atoms with Gasteiger partial charge in [-0.15, -0.1) is 0 Å². The molecule has 1 heterocycles. The van der Waals surface area contributed by atoms with Crippen LogP contribution in [0.15, 0.2) is 24.3 Å². The fourth-order valence-corrected chi connectivity index (χ4v) is 3.69. The number of benzene rings is 1. The number of imidazole rings is 1. The van der Waals surface area contributed by atoms with E-state index in [1.165, 1.54) is 32.1 Å². The zero-order valence-electron chi connectivity index (χ0n) is 13.2. The lowest BCUT2D eigenvalue weighted by Crippen LogP contribution is -2.34. The smallest absolute Gasteiger partial charge is 0.121 e. The minimum atomic E-state index is 0.663. The van der Waals surface area contributed by atoms with Crippen molar-refractivity contribution in [3.63, 3.8) is 0 Å². The summed E-state index contributed by atoms with van der Waals surface area (Å²) >= 11 is 0. The van der Waals surface area contributed by atoms with E-state index in [1.54, 1.807) is 0 Å².